The second-order valence-electron chi connectivity index (χ2n) is 6.04. The number of alkyl halides is 3. The summed E-state index contributed by atoms with van der Waals surface area (Å²) in [6, 6.07) is 8.97. The number of benzene rings is 2. The highest BCUT2D eigenvalue weighted by atomic mass is 35.5. The molecular weight excluding hydrogens is 434 g/mol. The van der Waals surface area contributed by atoms with Crippen LogP contribution in [0.2, 0.25) is 10.0 Å². The molecule has 6 nitrogen and oxygen atoms in total. The van der Waals surface area contributed by atoms with E-state index in [9.17, 15) is 23.2 Å². The van der Waals surface area contributed by atoms with E-state index in [1.807, 2.05) is 0 Å². The van der Waals surface area contributed by atoms with Crippen molar-refractivity contribution in [2.75, 3.05) is 0 Å². The predicted octanol–water partition coefficient (Wildman–Crippen LogP) is 4.98. The van der Waals surface area contributed by atoms with Crippen LogP contribution in [0.25, 0.3) is 0 Å². The van der Waals surface area contributed by atoms with Crippen LogP contribution in [-0.2, 0) is 10.4 Å². The summed E-state index contributed by atoms with van der Waals surface area (Å²) in [6.07, 6.45) is -5.64. The van der Waals surface area contributed by atoms with E-state index in [0.717, 1.165) is 12.1 Å². The van der Waals surface area contributed by atoms with Crippen LogP contribution in [0.3, 0.4) is 0 Å². The second-order valence-corrected chi connectivity index (χ2v) is 6.91. The van der Waals surface area contributed by atoms with E-state index in [0.29, 0.717) is 0 Å². The molecule has 2 aromatic carbocycles. The molecule has 150 valence electrons. The first kappa shape index (κ1) is 20.9. The van der Waals surface area contributed by atoms with Gasteiger partial charge in [-0.1, -0.05) is 29.3 Å². The van der Waals surface area contributed by atoms with Gasteiger partial charge >= 0.3 is 12.1 Å². The molecule has 1 heterocycles. The first-order valence-electron chi connectivity index (χ1n) is 7.88. The number of rotatable bonds is 3. The quantitative estimate of drug-likeness (QED) is 0.697. The van der Waals surface area contributed by atoms with Crippen molar-refractivity contribution in [1.29, 1.82) is 5.26 Å². The van der Waals surface area contributed by atoms with Crippen molar-refractivity contribution in [3.63, 3.8) is 0 Å². The van der Waals surface area contributed by atoms with Crippen molar-refractivity contribution >= 4 is 40.7 Å². The third kappa shape index (κ3) is 3.87. The van der Waals surface area contributed by atoms with E-state index in [1.165, 1.54) is 24.3 Å². The Morgan fingerprint density at radius 1 is 1.28 bits per heavy atom. The van der Waals surface area contributed by atoms with Gasteiger partial charge in [-0.25, -0.2) is 9.79 Å². The molecule has 0 aromatic heterocycles. The summed E-state index contributed by atoms with van der Waals surface area (Å²) in [4.78, 5) is 20.1. The van der Waals surface area contributed by atoms with Crippen LogP contribution in [0, 0.1) is 11.3 Å². The van der Waals surface area contributed by atoms with Crippen LogP contribution in [-0.4, -0.2) is 23.1 Å². The second kappa shape index (κ2) is 7.55. The van der Waals surface area contributed by atoms with Crippen LogP contribution in [0.15, 0.2) is 41.4 Å². The number of carboxylic acids is 1. The van der Waals surface area contributed by atoms with Crippen molar-refractivity contribution in [2.24, 2.45) is 4.99 Å². The molecule has 1 aliphatic rings. The smallest absolute Gasteiger partial charge is 0.424 e. The number of amidine groups is 1. The van der Waals surface area contributed by atoms with Gasteiger partial charge in [-0.15, -0.1) is 0 Å². The number of nitriles is 1. The number of aliphatic imine (C=N–C) groups is 1. The zero-order valence-electron chi connectivity index (χ0n) is 14.2. The molecular formula is C18H10Cl2F3N3O3. The average Bonchev–Trinajstić information content (AvgIpc) is 3.06. The summed E-state index contributed by atoms with van der Waals surface area (Å²) < 4.78 is 41.9. The van der Waals surface area contributed by atoms with Crippen molar-refractivity contribution in [2.45, 2.75) is 18.2 Å². The van der Waals surface area contributed by atoms with Crippen LogP contribution < -0.4 is 5.48 Å². The van der Waals surface area contributed by atoms with Crippen LogP contribution in [0.4, 0.5) is 18.9 Å². The molecule has 1 aliphatic heterocycles. The van der Waals surface area contributed by atoms with E-state index in [1.54, 1.807) is 6.07 Å². The lowest BCUT2D eigenvalue weighted by atomic mass is 9.90. The molecule has 0 bridgehead atoms. The largest absolute Gasteiger partial charge is 0.478 e. The SMILES string of the molecule is N#Cc1c(N=C2CC(c3cc(Cl)cc(Cl)c3)(C(F)(F)F)ON2)cccc1C(=O)O. The molecule has 0 radical (unpaired) electrons. The van der Waals surface area contributed by atoms with Crippen molar-refractivity contribution in [3.05, 3.63) is 63.1 Å². The van der Waals surface area contributed by atoms with Crippen LogP contribution in [0.5, 0.6) is 0 Å². The van der Waals surface area contributed by atoms with Gasteiger partial charge in [0.25, 0.3) is 0 Å². The Balaban J connectivity index is 2.08. The number of nitrogens with zero attached hydrogens (tertiary/aromatic N) is 2. The highest BCUT2D eigenvalue weighted by Crippen LogP contribution is 2.48. The molecule has 2 aromatic rings. The topological polar surface area (TPSA) is 94.7 Å². The van der Waals surface area contributed by atoms with E-state index < -0.39 is 24.2 Å². The van der Waals surface area contributed by atoms with E-state index in [2.05, 4.69) is 10.5 Å². The number of carboxylic acid groups (broad SMARTS) is 1. The zero-order chi connectivity index (χ0) is 21.4. The lowest BCUT2D eigenvalue weighted by Gasteiger charge is -2.29. The Bertz CT molecular complexity index is 1050. The maximum absolute atomic E-state index is 14.0. The van der Waals surface area contributed by atoms with Gasteiger partial charge in [-0.3, -0.25) is 10.3 Å². The first-order valence-corrected chi connectivity index (χ1v) is 8.64. The third-order valence-electron chi connectivity index (χ3n) is 4.19. The number of hydroxylamine groups is 1. The van der Waals surface area contributed by atoms with Gasteiger partial charge in [-0.2, -0.15) is 18.4 Å². The van der Waals surface area contributed by atoms with Gasteiger partial charge in [0.1, 0.15) is 11.9 Å². The molecule has 1 saturated heterocycles. The molecule has 3 rings (SSSR count). The molecule has 0 amide bonds. The van der Waals surface area contributed by atoms with Gasteiger partial charge in [-0.05, 0) is 35.9 Å². The lowest BCUT2D eigenvalue weighted by Crippen LogP contribution is -2.42. The molecule has 0 spiro atoms. The summed E-state index contributed by atoms with van der Waals surface area (Å²) in [5.41, 5.74) is -1.75. The Morgan fingerprint density at radius 2 is 1.93 bits per heavy atom. The van der Waals surface area contributed by atoms with Crippen molar-refractivity contribution in [3.8, 4) is 6.07 Å². The molecule has 11 heteroatoms. The Kier molecular flexibility index (Phi) is 5.45. The highest BCUT2D eigenvalue weighted by molar-refractivity contribution is 6.34. The van der Waals surface area contributed by atoms with Gasteiger partial charge in [0.15, 0.2) is 0 Å². The highest BCUT2D eigenvalue weighted by Gasteiger charge is 2.62. The fourth-order valence-electron chi connectivity index (χ4n) is 2.86. The average molecular weight is 444 g/mol. The normalized spacial score (nSPS) is 20.3. The summed E-state index contributed by atoms with van der Waals surface area (Å²) >= 11 is 11.7. The Labute approximate surface area is 172 Å². The maximum Gasteiger partial charge on any atom is 0.424 e. The summed E-state index contributed by atoms with van der Waals surface area (Å²) in [6.45, 7) is 0. The lowest BCUT2D eigenvalue weighted by molar-refractivity contribution is -0.282. The number of hydrogen-bond donors (Lipinski definition) is 2. The maximum atomic E-state index is 14.0. The minimum absolute atomic E-state index is 0.00830. The predicted molar refractivity (Wildman–Crippen MR) is 98.2 cm³/mol. The fourth-order valence-corrected chi connectivity index (χ4v) is 3.39. The zero-order valence-corrected chi connectivity index (χ0v) is 15.7. The summed E-state index contributed by atoms with van der Waals surface area (Å²) in [5.74, 6) is -1.62. The minimum atomic E-state index is -4.87. The summed E-state index contributed by atoms with van der Waals surface area (Å²) in [7, 11) is 0. The number of carbonyl (C=O) groups is 1. The number of hydrogen-bond acceptors (Lipinski definition) is 4. The third-order valence-corrected chi connectivity index (χ3v) is 4.62. The monoisotopic (exact) mass is 443 g/mol. The van der Waals surface area contributed by atoms with Gasteiger partial charge in [0, 0.05) is 10.0 Å². The number of halogens is 5. The van der Waals surface area contributed by atoms with Crippen LogP contribution >= 0.6 is 23.2 Å². The number of nitrogens with one attached hydrogen (secondary N) is 1. The van der Waals surface area contributed by atoms with E-state index >= 15 is 0 Å². The molecule has 1 atom stereocenters. The minimum Gasteiger partial charge on any atom is -0.478 e. The van der Waals surface area contributed by atoms with E-state index in [-0.39, 0.29) is 38.3 Å². The van der Waals surface area contributed by atoms with Gasteiger partial charge < -0.3 is 5.11 Å². The molecule has 1 unspecified atom stereocenters. The Morgan fingerprint density at radius 3 is 2.48 bits per heavy atom. The van der Waals surface area contributed by atoms with Gasteiger partial charge in [0.2, 0.25) is 5.60 Å². The molecule has 29 heavy (non-hydrogen) atoms. The number of aromatic carboxylic acids is 1. The van der Waals surface area contributed by atoms with Crippen molar-refractivity contribution < 1.29 is 27.9 Å². The molecule has 0 saturated carbocycles. The van der Waals surface area contributed by atoms with Crippen molar-refractivity contribution in [1.82, 2.24) is 5.48 Å². The molecule has 2 N–H and O–H groups in total. The van der Waals surface area contributed by atoms with E-state index in [4.69, 9.17) is 33.1 Å². The molecule has 1 fully saturated rings. The van der Waals surface area contributed by atoms with Gasteiger partial charge in [0.05, 0.1) is 23.2 Å². The Hall–Kier alpha value is -2.80. The summed E-state index contributed by atoms with van der Waals surface area (Å²) in [5, 5.41) is 18.4. The molecule has 0 aliphatic carbocycles. The fraction of sp³-hybridized carbons (Fsp3) is 0.167. The van der Waals surface area contributed by atoms with Crippen LogP contribution in [0.1, 0.15) is 27.9 Å². The standard InChI is InChI=1S/C18H10Cl2F3N3O3/c19-10-4-9(5-11(20)6-10)17(18(21,22)23)7-15(26-29-17)25-14-3-1-2-12(16(27)28)13(14)8-24/h1-6H,7H2,(H,25,26)(H,27,28). The first-order chi connectivity index (χ1) is 13.6.